The van der Waals surface area contributed by atoms with Crippen molar-refractivity contribution >= 4 is 46.7 Å². The Morgan fingerprint density at radius 2 is 1.81 bits per heavy atom. The molecule has 1 aromatic heterocycles. The van der Waals surface area contributed by atoms with Gasteiger partial charge >= 0.3 is 0 Å². The van der Waals surface area contributed by atoms with Crippen molar-refractivity contribution in [2.24, 2.45) is 0 Å². The van der Waals surface area contributed by atoms with Crippen molar-refractivity contribution in [3.05, 3.63) is 5.82 Å². The molecule has 21 heavy (non-hydrogen) atoms. The Morgan fingerprint density at radius 3 is 2.38 bits per heavy atom. The SMILES string of the molecule is CN1CCN(c2nc(NCCO)nc(C(Cl)(Cl)Cl)n2)CC1. The summed E-state index contributed by atoms with van der Waals surface area (Å²) in [5.74, 6) is 0.825. The van der Waals surface area contributed by atoms with E-state index < -0.39 is 3.79 Å². The Morgan fingerprint density at radius 1 is 1.14 bits per heavy atom. The van der Waals surface area contributed by atoms with Crippen LogP contribution in [0.5, 0.6) is 0 Å². The molecule has 2 heterocycles. The van der Waals surface area contributed by atoms with Crippen LogP contribution in [0.25, 0.3) is 0 Å². The summed E-state index contributed by atoms with van der Waals surface area (Å²) in [6, 6.07) is 0. The number of aliphatic hydroxyl groups excluding tert-OH is 1. The summed E-state index contributed by atoms with van der Waals surface area (Å²) < 4.78 is -1.72. The van der Waals surface area contributed by atoms with Gasteiger partial charge in [-0.3, -0.25) is 0 Å². The van der Waals surface area contributed by atoms with Gasteiger partial charge in [0, 0.05) is 32.7 Å². The van der Waals surface area contributed by atoms with Crippen molar-refractivity contribution in [3.63, 3.8) is 0 Å². The van der Waals surface area contributed by atoms with Crippen molar-refractivity contribution < 1.29 is 5.11 Å². The Labute approximate surface area is 138 Å². The summed E-state index contributed by atoms with van der Waals surface area (Å²) >= 11 is 17.6. The van der Waals surface area contributed by atoms with Crippen LogP contribution >= 0.6 is 34.8 Å². The second kappa shape index (κ2) is 7.11. The van der Waals surface area contributed by atoms with Crippen LogP contribution in [0.3, 0.4) is 0 Å². The van der Waals surface area contributed by atoms with Crippen molar-refractivity contribution in [1.29, 1.82) is 0 Å². The molecule has 0 unspecified atom stereocenters. The fourth-order valence-corrected chi connectivity index (χ4v) is 2.14. The first kappa shape index (κ1) is 16.8. The van der Waals surface area contributed by atoms with Crippen LogP contribution in [0.4, 0.5) is 11.9 Å². The Kier molecular flexibility index (Phi) is 5.67. The zero-order valence-electron chi connectivity index (χ0n) is 11.6. The summed E-state index contributed by atoms with van der Waals surface area (Å²) in [4.78, 5) is 16.9. The van der Waals surface area contributed by atoms with Crippen LogP contribution in [0, 0.1) is 0 Å². The van der Waals surface area contributed by atoms with Gasteiger partial charge in [-0.05, 0) is 7.05 Å². The third kappa shape index (κ3) is 4.69. The first-order valence-electron chi connectivity index (χ1n) is 6.51. The van der Waals surface area contributed by atoms with Gasteiger partial charge in [0.1, 0.15) is 0 Å². The molecule has 0 radical (unpaired) electrons. The lowest BCUT2D eigenvalue weighted by Crippen LogP contribution is -2.45. The number of nitrogens with one attached hydrogen (secondary N) is 1. The molecular weight excluding hydrogens is 339 g/mol. The van der Waals surface area contributed by atoms with Gasteiger partial charge in [-0.2, -0.15) is 15.0 Å². The number of hydrogen-bond donors (Lipinski definition) is 2. The Balaban J connectivity index is 2.26. The number of rotatable bonds is 4. The standard InChI is InChI=1S/C11H17Cl3N6O/c1-19-3-5-20(6-4-19)10-17-8(11(12,13)14)16-9(18-10)15-2-7-21/h21H,2-7H2,1H3,(H,15,16,17,18). The second-order valence-corrected chi connectivity index (χ2v) is 7.00. The maximum absolute atomic E-state index is 8.88. The van der Waals surface area contributed by atoms with E-state index in [2.05, 4.69) is 32.2 Å². The van der Waals surface area contributed by atoms with Gasteiger partial charge in [-0.25, -0.2) is 0 Å². The minimum absolute atomic E-state index is 0.0430. The predicted octanol–water partition coefficient (Wildman–Crippen LogP) is 0.854. The fraction of sp³-hybridized carbons (Fsp3) is 0.727. The molecule has 1 saturated heterocycles. The lowest BCUT2D eigenvalue weighted by molar-refractivity contribution is 0.310. The summed E-state index contributed by atoms with van der Waals surface area (Å²) in [6.45, 7) is 3.67. The van der Waals surface area contributed by atoms with E-state index >= 15 is 0 Å². The summed E-state index contributed by atoms with van der Waals surface area (Å²) in [6.07, 6.45) is 0. The molecule has 1 fully saturated rings. The van der Waals surface area contributed by atoms with Crippen molar-refractivity contribution in [2.75, 3.05) is 56.6 Å². The largest absolute Gasteiger partial charge is 0.395 e. The normalized spacial score (nSPS) is 17.1. The monoisotopic (exact) mass is 354 g/mol. The number of hydrogen-bond acceptors (Lipinski definition) is 7. The van der Waals surface area contributed by atoms with Gasteiger partial charge in [0.25, 0.3) is 0 Å². The van der Waals surface area contributed by atoms with Gasteiger partial charge in [0.05, 0.1) is 6.61 Å². The molecule has 0 aromatic carbocycles. The van der Waals surface area contributed by atoms with Gasteiger partial charge in [-0.15, -0.1) is 0 Å². The van der Waals surface area contributed by atoms with E-state index in [9.17, 15) is 0 Å². The first-order valence-corrected chi connectivity index (χ1v) is 7.65. The highest BCUT2D eigenvalue weighted by atomic mass is 35.6. The highest BCUT2D eigenvalue weighted by molar-refractivity contribution is 6.66. The zero-order valence-corrected chi connectivity index (χ0v) is 13.8. The lowest BCUT2D eigenvalue weighted by atomic mass is 10.3. The number of alkyl halides is 3. The lowest BCUT2D eigenvalue weighted by Gasteiger charge is -2.32. The Hall–Kier alpha value is -0.600. The number of nitrogens with zero attached hydrogens (tertiary/aromatic N) is 5. The van der Waals surface area contributed by atoms with Crippen molar-refractivity contribution in [3.8, 4) is 0 Å². The molecular formula is C11H17Cl3N6O. The molecule has 0 atom stereocenters. The molecule has 118 valence electrons. The van der Waals surface area contributed by atoms with Crippen LogP contribution in [-0.4, -0.2) is 71.3 Å². The number of anilines is 2. The molecule has 0 bridgehead atoms. The highest BCUT2D eigenvalue weighted by Crippen LogP contribution is 2.36. The van der Waals surface area contributed by atoms with Gasteiger partial charge < -0.3 is 20.2 Å². The molecule has 1 aromatic rings. The van der Waals surface area contributed by atoms with Crippen LogP contribution in [-0.2, 0) is 3.79 Å². The maximum Gasteiger partial charge on any atom is 0.250 e. The smallest absolute Gasteiger partial charge is 0.250 e. The fourth-order valence-electron chi connectivity index (χ4n) is 1.89. The van der Waals surface area contributed by atoms with Crippen LogP contribution in [0.15, 0.2) is 0 Å². The van der Waals surface area contributed by atoms with E-state index in [0.717, 1.165) is 26.2 Å². The summed E-state index contributed by atoms with van der Waals surface area (Å²) in [7, 11) is 2.06. The molecule has 2 N–H and O–H groups in total. The number of aliphatic hydroxyl groups is 1. The molecule has 7 nitrogen and oxygen atoms in total. The molecule has 1 aliphatic rings. The summed E-state index contributed by atoms with van der Waals surface area (Å²) in [5.41, 5.74) is 0. The minimum Gasteiger partial charge on any atom is -0.395 e. The van der Waals surface area contributed by atoms with Crippen LogP contribution in [0.1, 0.15) is 5.82 Å². The van der Waals surface area contributed by atoms with E-state index in [1.165, 1.54) is 0 Å². The molecule has 1 aliphatic heterocycles. The quantitative estimate of drug-likeness (QED) is 0.775. The van der Waals surface area contributed by atoms with Gasteiger partial charge in [0.15, 0.2) is 5.82 Å². The maximum atomic E-state index is 8.88. The van der Waals surface area contributed by atoms with Crippen LogP contribution in [0.2, 0.25) is 0 Å². The average molecular weight is 356 g/mol. The molecule has 10 heteroatoms. The molecule has 0 spiro atoms. The number of halogens is 3. The topological polar surface area (TPSA) is 77.4 Å². The van der Waals surface area contributed by atoms with Gasteiger partial charge in [0.2, 0.25) is 15.7 Å². The zero-order chi connectivity index (χ0) is 15.5. The van der Waals surface area contributed by atoms with Crippen LogP contribution < -0.4 is 10.2 Å². The predicted molar refractivity (Wildman–Crippen MR) is 84.3 cm³/mol. The second-order valence-electron chi connectivity index (χ2n) is 4.72. The first-order chi connectivity index (χ1) is 9.90. The summed E-state index contributed by atoms with van der Waals surface area (Å²) in [5, 5.41) is 11.7. The van der Waals surface area contributed by atoms with Gasteiger partial charge in [-0.1, -0.05) is 34.8 Å². The number of likely N-dealkylation sites (N-methyl/N-ethyl adjacent to an activating group) is 1. The van der Waals surface area contributed by atoms with E-state index in [-0.39, 0.29) is 18.4 Å². The highest BCUT2D eigenvalue weighted by Gasteiger charge is 2.29. The molecule has 0 saturated carbocycles. The molecule has 2 rings (SSSR count). The van der Waals surface area contributed by atoms with E-state index in [1.807, 2.05) is 4.90 Å². The number of aromatic nitrogens is 3. The Bertz CT molecular complexity index is 476. The van der Waals surface area contributed by atoms with E-state index in [0.29, 0.717) is 12.5 Å². The molecule has 0 aliphatic carbocycles. The number of piperazine rings is 1. The third-order valence-corrected chi connectivity index (χ3v) is 3.57. The average Bonchev–Trinajstić information content (AvgIpc) is 2.44. The third-order valence-electron chi connectivity index (χ3n) is 3.06. The van der Waals surface area contributed by atoms with E-state index in [4.69, 9.17) is 39.9 Å². The van der Waals surface area contributed by atoms with Crippen molar-refractivity contribution in [1.82, 2.24) is 19.9 Å². The van der Waals surface area contributed by atoms with E-state index in [1.54, 1.807) is 0 Å². The minimum atomic E-state index is -1.72. The van der Waals surface area contributed by atoms with Crippen molar-refractivity contribution in [2.45, 2.75) is 3.79 Å². The molecule has 0 amide bonds.